The van der Waals surface area contributed by atoms with Gasteiger partial charge in [0.15, 0.2) is 0 Å². The van der Waals surface area contributed by atoms with E-state index in [9.17, 15) is 0 Å². The first kappa shape index (κ1) is 14.2. The first-order valence-electron chi connectivity index (χ1n) is 7.33. The molecule has 3 aromatic rings. The van der Waals surface area contributed by atoms with Gasteiger partial charge in [-0.05, 0) is 40.5 Å². The third kappa shape index (κ3) is 3.26. The first-order chi connectivity index (χ1) is 10.9. The van der Waals surface area contributed by atoms with Crippen LogP contribution < -0.4 is 4.74 Å². The highest BCUT2D eigenvalue weighted by atomic mass is 16.5. The summed E-state index contributed by atoms with van der Waals surface area (Å²) in [6.07, 6.45) is 2.21. The van der Waals surface area contributed by atoms with Crippen molar-refractivity contribution in [3.63, 3.8) is 0 Å². The molecule has 0 atom stereocenters. The lowest BCUT2D eigenvalue weighted by Gasteiger charge is -2.10. The third-order valence-electron chi connectivity index (χ3n) is 3.58. The number of methoxy groups -OCH3 is 1. The minimum Gasteiger partial charge on any atom is -0.497 e. The summed E-state index contributed by atoms with van der Waals surface area (Å²) in [6, 6.07) is 29.0. The number of ether oxygens (including phenoxy) is 1. The molecule has 0 aliphatic carbocycles. The summed E-state index contributed by atoms with van der Waals surface area (Å²) in [5.74, 6) is 0.868. The van der Waals surface area contributed by atoms with Crippen molar-refractivity contribution in [2.45, 2.75) is 0 Å². The average molecular weight is 286 g/mol. The van der Waals surface area contributed by atoms with E-state index < -0.39 is 0 Å². The number of rotatable bonds is 4. The molecule has 1 heteroatoms. The average Bonchev–Trinajstić information content (AvgIpc) is 2.61. The fourth-order valence-electron chi connectivity index (χ4n) is 2.46. The Bertz CT molecular complexity index is 758. The van der Waals surface area contributed by atoms with Crippen LogP contribution in [0.3, 0.4) is 0 Å². The molecule has 0 aliphatic rings. The predicted molar refractivity (Wildman–Crippen MR) is 92.9 cm³/mol. The van der Waals surface area contributed by atoms with E-state index in [0.29, 0.717) is 0 Å². The second kappa shape index (κ2) is 6.77. The largest absolute Gasteiger partial charge is 0.497 e. The highest BCUT2D eigenvalue weighted by Gasteiger charge is 2.06. The maximum Gasteiger partial charge on any atom is 0.119 e. The van der Waals surface area contributed by atoms with Crippen LogP contribution in [0.15, 0.2) is 84.9 Å². The van der Waals surface area contributed by atoms with E-state index in [-0.39, 0.29) is 0 Å². The molecule has 0 aromatic heterocycles. The van der Waals surface area contributed by atoms with E-state index in [4.69, 9.17) is 4.74 Å². The zero-order valence-electron chi connectivity index (χ0n) is 12.6. The summed E-state index contributed by atoms with van der Waals surface area (Å²) in [4.78, 5) is 0. The quantitative estimate of drug-likeness (QED) is 0.593. The minimum absolute atomic E-state index is 0.868. The van der Waals surface area contributed by atoms with Crippen LogP contribution in [0.2, 0.25) is 0 Å². The molecule has 0 N–H and O–H groups in total. The molecule has 108 valence electrons. The number of benzene rings is 3. The van der Waals surface area contributed by atoms with E-state index in [1.165, 1.54) is 16.7 Å². The van der Waals surface area contributed by atoms with Crippen molar-refractivity contribution in [2.24, 2.45) is 0 Å². The van der Waals surface area contributed by atoms with Gasteiger partial charge in [-0.3, -0.25) is 0 Å². The van der Waals surface area contributed by atoms with Gasteiger partial charge in [0.25, 0.3) is 0 Å². The van der Waals surface area contributed by atoms with Crippen molar-refractivity contribution in [3.05, 3.63) is 102 Å². The van der Waals surface area contributed by atoms with Crippen LogP contribution in [0, 0.1) is 0 Å². The van der Waals surface area contributed by atoms with Gasteiger partial charge in [-0.1, -0.05) is 72.8 Å². The molecular weight excluding hydrogens is 268 g/mol. The number of hydrogen-bond donors (Lipinski definition) is 0. The standard InChI is InChI=1S/C21H18O/c1-22-20-14-8-13-19(16-20)21(18-11-6-3-7-12-18)15-17-9-4-2-5-10-17/h2-16H,1H3/b21-15+. The monoisotopic (exact) mass is 286 g/mol. The zero-order chi connectivity index (χ0) is 15.2. The highest BCUT2D eigenvalue weighted by Crippen LogP contribution is 2.28. The summed E-state index contributed by atoms with van der Waals surface area (Å²) in [5.41, 5.74) is 4.71. The third-order valence-corrected chi connectivity index (χ3v) is 3.58. The molecular formula is C21H18O. The molecule has 0 heterocycles. The first-order valence-corrected chi connectivity index (χ1v) is 7.33. The van der Waals surface area contributed by atoms with E-state index >= 15 is 0 Å². The van der Waals surface area contributed by atoms with E-state index in [2.05, 4.69) is 66.7 Å². The second-order valence-electron chi connectivity index (χ2n) is 5.07. The Balaban J connectivity index is 2.13. The molecule has 0 amide bonds. The lowest BCUT2D eigenvalue weighted by atomic mass is 9.95. The van der Waals surface area contributed by atoms with Crippen LogP contribution in [0.5, 0.6) is 5.75 Å². The van der Waals surface area contributed by atoms with Gasteiger partial charge >= 0.3 is 0 Å². The molecule has 0 spiro atoms. The SMILES string of the molecule is COc1cccc(/C(=C/c2ccccc2)c2ccccc2)c1. The van der Waals surface area contributed by atoms with Crippen LogP contribution in [-0.2, 0) is 0 Å². The molecule has 0 fully saturated rings. The molecule has 0 radical (unpaired) electrons. The summed E-state index contributed by atoms with van der Waals surface area (Å²) < 4.78 is 5.36. The molecule has 0 aliphatic heterocycles. The van der Waals surface area contributed by atoms with Gasteiger partial charge in [0.1, 0.15) is 5.75 Å². The Morgan fingerprint density at radius 3 is 2.05 bits per heavy atom. The molecule has 0 unspecified atom stereocenters. The maximum absolute atomic E-state index is 5.36. The fraction of sp³-hybridized carbons (Fsp3) is 0.0476. The van der Waals surface area contributed by atoms with Gasteiger partial charge in [-0.15, -0.1) is 0 Å². The Labute approximate surface area is 131 Å². The van der Waals surface area contributed by atoms with Gasteiger partial charge in [0.2, 0.25) is 0 Å². The Hall–Kier alpha value is -2.80. The maximum atomic E-state index is 5.36. The Morgan fingerprint density at radius 2 is 1.36 bits per heavy atom. The van der Waals surface area contributed by atoms with Crippen LogP contribution in [0.25, 0.3) is 11.6 Å². The Morgan fingerprint density at radius 1 is 0.727 bits per heavy atom. The Kier molecular flexibility index (Phi) is 4.35. The van der Waals surface area contributed by atoms with E-state index in [1.807, 2.05) is 24.3 Å². The predicted octanol–water partition coefficient (Wildman–Crippen LogP) is 5.28. The van der Waals surface area contributed by atoms with Gasteiger partial charge in [-0.2, -0.15) is 0 Å². The van der Waals surface area contributed by atoms with Gasteiger partial charge in [0.05, 0.1) is 7.11 Å². The molecule has 0 bridgehead atoms. The molecule has 0 saturated heterocycles. The van der Waals surface area contributed by atoms with Crippen LogP contribution in [0.4, 0.5) is 0 Å². The summed E-state index contributed by atoms with van der Waals surface area (Å²) >= 11 is 0. The summed E-state index contributed by atoms with van der Waals surface area (Å²) in [5, 5.41) is 0. The lowest BCUT2D eigenvalue weighted by Crippen LogP contribution is -1.90. The summed E-state index contributed by atoms with van der Waals surface area (Å²) in [6.45, 7) is 0. The van der Waals surface area contributed by atoms with Crippen molar-refractivity contribution in [1.82, 2.24) is 0 Å². The normalized spacial score (nSPS) is 11.2. The van der Waals surface area contributed by atoms with Gasteiger partial charge < -0.3 is 4.74 Å². The second-order valence-corrected chi connectivity index (χ2v) is 5.07. The smallest absolute Gasteiger partial charge is 0.119 e. The van der Waals surface area contributed by atoms with Crippen molar-refractivity contribution >= 4 is 11.6 Å². The lowest BCUT2D eigenvalue weighted by molar-refractivity contribution is 0.414. The van der Waals surface area contributed by atoms with Crippen LogP contribution >= 0.6 is 0 Å². The van der Waals surface area contributed by atoms with Crippen molar-refractivity contribution in [3.8, 4) is 5.75 Å². The van der Waals surface area contributed by atoms with Crippen molar-refractivity contribution in [2.75, 3.05) is 7.11 Å². The zero-order valence-corrected chi connectivity index (χ0v) is 12.6. The minimum atomic E-state index is 0.868. The van der Waals surface area contributed by atoms with Crippen LogP contribution in [-0.4, -0.2) is 7.11 Å². The number of hydrogen-bond acceptors (Lipinski definition) is 1. The van der Waals surface area contributed by atoms with Crippen molar-refractivity contribution in [1.29, 1.82) is 0 Å². The van der Waals surface area contributed by atoms with Crippen LogP contribution in [0.1, 0.15) is 16.7 Å². The van der Waals surface area contributed by atoms with E-state index in [0.717, 1.165) is 11.3 Å². The molecule has 3 rings (SSSR count). The topological polar surface area (TPSA) is 9.23 Å². The van der Waals surface area contributed by atoms with Gasteiger partial charge in [0, 0.05) is 0 Å². The molecule has 22 heavy (non-hydrogen) atoms. The molecule has 0 saturated carbocycles. The van der Waals surface area contributed by atoms with E-state index in [1.54, 1.807) is 7.11 Å². The molecule has 3 aromatic carbocycles. The summed E-state index contributed by atoms with van der Waals surface area (Å²) in [7, 11) is 1.70. The molecule has 1 nitrogen and oxygen atoms in total. The highest BCUT2D eigenvalue weighted by molar-refractivity contribution is 5.91. The fourth-order valence-corrected chi connectivity index (χ4v) is 2.46. The van der Waals surface area contributed by atoms with Crippen molar-refractivity contribution < 1.29 is 4.74 Å². The van der Waals surface area contributed by atoms with Gasteiger partial charge in [-0.25, -0.2) is 0 Å².